The third kappa shape index (κ3) is 3.35. The molecule has 1 saturated heterocycles. The van der Waals surface area contributed by atoms with Gasteiger partial charge in [-0.05, 0) is 37.5 Å². The van der Waals surface area contributed by atoms with E-state index < -0.39 is 11.7 Å². The van der Waals surface area contributed by atoms with E-state index >= 15 is 0 Å². The van der Waals surface area contributed by atoms with Gasteiger partial charge in [-0.3, -0.25) is 4.79 Å². The lowest BCUT2D eigenvalue weighted by Crippen LogP contribution is -2.14. The Kier molecular flexibility index (Phi) is 3.94. The molecule has 0 radical (unpaired) electrons. The number of rotatable bonds is 3. The number of benzene rings is 1. The van der Waals surface area contributed by atoms with Gasteiger partial charge in [0.2, 0.25) is 0 Å². The van der Waals surface area contributed by atoms with Crippen LogP contribution in [0.25, 0.3) is 0 Å². The van der Waals surface area contributed by atoms with E-state index in [2.05, 4.69) is 0 Å². The predicted molar refractivity (Wildman–Crippen MR) is 64.1 cm³/mol. The van der Waals surface area contributed by atoms with Crippen LogP contribution in [-0.4, -0.2) is 18.5 Å². The third-order valence-corrected chi connectivity index (χ3v) is 3.29. The minimum Gasteiger partial charge on any atom is -0.378 e. The molecule has 19 heavy (non-hydrogen) atoms. The minimum atomic E-state index is -4.37. The topological polar surface area (TPSA) is 26.3 Å². The Hall–Kier alpha value is -1.36. The molecule has 1 heterocycles. The molecule has 1 aromatic carbocycles. The minimum absolute atomic E-state index is 0.0887. The summed E-state index contributed by atoms with van der Waals surface area (Å²) >= 11 is 0. The lowest BCUT2D eigenvalue weighted by molar-refractivity contribution is -0.137. The highest BCUT2D eigenvalue weighted by Crippen LogP contribution is 2.31. The molecule has 1 aliphatic rings. The molecule has 0 aromatic heterocycles. The van der Waals surface area contributed by atoms with Crippen LogP contribution >= 0.6 is 0 Å². The quantitative estimate of drug-likeness (QED) is 0.783. The van der Waals surface area contributed by atoms with Crippen LogP contribution in [0.1, 0.15) is 40.7 Å². The first-order chi connectivity index (χ1) is 8.88. The summed E-state index contributed by atoms with van der Waals surface area (Å²) in [4.78, 5) is 12.0. The molecule has 1 aromatic rings. The summed E-state index contributed by atoms with van der Waals surface area (Å²) in [5.74, 6) is -0.155. The standard InChI is InChI=1S/C14H15F3O2/c1-9-7-10(14(15,16)17)4-5-12(9)13(18)8-11-3-2-6-19-11/h4-5,7,11H,2-3,6,8H2,1H3. The summed E-state index contributed by atoms with van der Waals surface area (Å²) in [6.45, 7) is 2.18. The number of ketones is 1. The second-order valence-corrected chi connectivity index (χ2v) is 4.79. The molecule has 1 fully saturated rings. The van der Waals surface area contributed by atoms with Crippen molar-refractivity contribution in [2.24, 2.45) is 0 Å². The van der Waals surface area contributed by atoms with Crippen molar-refractivity contribution in [2.75, 3.05) is 6.61 Å². The van der Waals surface area contributed by atoms with Crippen molar-refractivity contribution in [3.05, 3.63) is 34.9 Å². The SMILES string of the molecule is Cc1cc(C(F)(F)F)ccc1C(=O)CC1CCCO1. The molecule has 0 aliphatic carbocycles. The van der Waals surface area contributed by atoms with Crippen molar-refractivity contribution in [1.82, 2.24) is 0 Å². The normalized spacial score (nSPS) is 19.7. The molecule has 2 nitrogen and oxygen atoms in total. The Bertz CT molecular complexity index is 474. The zero-order chi connectivity index (χ0) is 14.0. The van der Waals surface area contributed by atoms with Crippen molar-refractivity contribution in [2.45, 2.75) is 38.5 Å². The fourth-order valence-corrected chi connectivity index (χ4v) is 2.27. The maximum atomic E-state index is 12.5. The Labute approximate surface area is 109 Å². The van der Waals surface area contributed by atoms with E-state index in [1.54, 1.807) is 0 Å². The van der Waals surface area contributed by atoms with E-state index in [4.69, 9.17) is 4.74 Å². The monoisotopic (exact) mass is 272 g/mol. The molecule has 0 N–H and O–H groups in total. The summed E-state index contributed by atoms with van der Waals surface area (Å²) in [6, 6.07) is 3.23. The molecular weight excluding hydrogens is 257 g/mol. The molecule has 1 unspecified atom stereocenters. The molecular formula is C14H15F3O2. The first-order valence-electron chi connectivity index (χ1n) is 6.20. The van der Waals surface area contributed by atoms with Crippen LogP contribution in [0.3, 0.4) is 0 Å². The summed E-state index contributed by atoms with van der Waals surface area (Å²) in [5.41, 5.74) is -0.0139. The van der Waals surface area contributed by atoms with Crippen molar-refractivity contribution in [1.29, 1.82) is 0 Å². The number of ether oxygens (including phenoxy) is 1. The van der Waals surface area contributed by atoms with Crippen LogP contribution in [-0.2, 0) is 10.9 Å². The Morgan fingerprint density at radius 2 is 2.16 bits per heavy atom. The zero-order valence-electron chi connectivity index (χ0n) is 10.6. The number of Topliss-reactive ketones (excluding diaryl/α,β-unsaturated/α-hetero) is 1. The average Bonchev–Trinajstić information content (AvgIpc) is 2.80. The van der Waals surface area contributed by atoms with Crippen LogP contribution < -0.4 is 0 Å². The first-order valence-corrected chi connectivity index (χ1v) is 6.20. The van der Waals surface area contributed by atoms with Crippen LogP contribution in [0, 0.1) is 6.92 Å². The van der Waals surface area contributed by atoms with Gasteiger partial charge in [-0.1, -0.05) is 6.07 Å². The number of halogens is 3. The van der Waals surface area contributed by atoms with Gasteiger partial charge in [-0.15, -0.1) is 0 Å². The van der Waals surface area contributed by atoms with Gasteiger partial charge < -0.3 is 4.74 Å². The molecule has 1 aliphatic heterocycles. The lowest BCUT2D eigenvalue weighted by atomic mass is 9.97. The number of alkyl halides is 3. The molecule has 5 heteroatoms. The molecule has 1 atom stereocenters. The molecule has 0 spiro atoms. The maximum absolute atomic E-state index is 12.5. The second kappa shape index (κ2) is 5.33. The van der Waals surface area contributed by atoms with E-state index in [1.165, 1.54) is 13.0 Å². The smallest absolute Gasteiger partial charge is 0.378 e. The molecule has 0 saturated carbocycles. The fourth-order valence-electron chi connectivity index (χ4n) is 2.27. The Morgan fingerprint density at radius 3 is 2.68 bits per heavy atom. The zero-order valence-corrected chi connectivity index (χ0v) is 10.6. The summed E-state index contributed by atoms with van der Waals surface area (Å²) < 4.78 is 42.9. The van der Waals surface area contributed by atoms with E-state index in [0.717, 1.165) is 25.0 Å². The van der Waals surface area contributed by atoms with Gasteiger partial charge in [-0.2, -0.15) is 13.2 Å². The van der Waals surface area contributed by atoms with E-state index in [-0.39, 0.29) is 18.3 Å². The molecule has 2 rings (SSSR count). The number of hydrogen-bond donors (Lipinski definition) is 0. The lowest BCUT2D eigenvalue weighted by Gasteiger charge is -2.12. The van der Waals surface area contributed by atoms with E-state index in [0.29, 0.717) is 17.7 Å². The largest absolute Gasteiger partial charge is 0.416 e. The van der Waals surface area contributed by atoms with Gasteiger partial charge in [0.05, 0.1) is 11.7 Å². The van der Waals surface area contributed by atoms with Gasteiger partial charge in [0.25, 0.3) is 0 Å². The summed E-state index contributed by atoms with van der Waals surface area (Å²) in [6.07, 6.45) is -2.45. The van der Waals surface area contributed by atoms with Crippen LogP contribution in [0.4, 0.5) is 13.2 Å². The Balaban J connectivity index is 2.14. The highest BCUT2D eigenvalue weighted by Gasteiger charge is 2.31. The third-order valence-electron chi connectivity index (χ3n) is 3.29. The predicted octanol–water partition coefficient (Wildman–Crippen LogP) is 3.77. The molecule has 0 amide bonds. The van der Waals surface area contributed by atoms with Crippen LogP contribution in [0.5, 0.6) is 0 Å². The highest BCUT2D eigenvalue weighted by atomic mass is 19.4. The van der Waals surface area contributed by atoms with Crippen molar-refractivity contribution < 1.29 is 22.7 Å². The summed E-state index contributed by atoms with van der Waals surface area (Å²) in [7, 11) is 0. The molecule has 0 bridgehead atoms. The van der Waals surface area contributed by atoms with Crippen molar-refractivity contribution >= 4 is 5.78 Å². The summed E-state index contributed by atoms with van der Waals surface area (Å²) in [5, 5.41) is 0. The number of carbonyl (C=O) groups excluding carboxylic acids is 1. The van der Waals surface area contributed by atoms with E-state index in [9.17, 15) is 18.0 Å². The van der Waals surface area contributed by atoms with Gasteiger partial charge in [-0.25, -0.2) is 0 Å². The van der Waals surface area contributed by atoms with Gasteiger partial charge in [0.1, 0.15) is 0 Å². The second-order valence-electron chi connectivity index (χ2n) is 4.79. The fraction of sp³-hybridized carbons (Fsp3) is 0.500. The van der Waals surface area contributed by atoms with Crippen molar-refractivity contribution in [3.63, 3.8) is 0 Å². The van der Waals surface area contributed by atoms with Gasteiger partial charge in [0.15, 0.2) is 5.78 Å². The van der Waals surface area contributed by atoms with E-state index in [1.807, 2.05) is 0 Å². The highest BCUT2D eigenvalue weighted by molar-refractivity contribution is 5.97. The number of carbonyl (C=O) groups is 1. The first kappa shape index (κ1) is 14.1. The number of hydrogen-bond acceptors (Lipinski definition) is 2. The van der Waals surface area contributed by atoms with Gasteiger partial charge in [0, 0.05) is 18.6 Å². The van der Waals surface area contributed by atoms with Crippen molar-refractivity contribution in [3.8, 4) is 0 Å². The number of aryl methyl sites for hydroxylation is 1. The average molecular weight is 272 g/mol. The van der Waals surface area contributed by atoms with Crippen LogP contribution in [0.2, 0.25) is 0 Å². The maximum Gasteiger partial charge on any atom is 0.416 e. The van der Waals surface area contributed by atoms with Gasteiger partial charge >= 0.3 is 6.18 Å². The van der Waals surface area contributed by atoms with Crippen LogP contribution in [0.15, 0.2) is 18.2 Å². The molecule has 104 valence electrons. The Morgan fingerprint density at radius 1 is 1.42 bits per heavy atom.